The van der Waals surface area contributed by atoms with Crippen molar-refractivity contribution in [2.45, 2.75) is 33.6 Å². The van der Waals surface area contributed by atoms with Crippen LogP contribution in [-0.4, -0.2) is 28.9 Å². The molecule has 0 saturated carbocycles. The Morgan fingerprint density at radius 1 is 1.48 bits per heavy atom. The van der Waals surface area contributed by atoms with Gasteiger partial charge in [0.05, 0.1) is 5.69 Å². The van der Waals surface area contributed by atoms with Gasteiger partial charge in [-0.1, -0.05) is 6.92 Å². The molecule has 1 aliphatic heterocycles. The topological polar surface area (TPSA) is 69.0 Å². The summed E-state index contributed by atoms with van der Waals surface area (Å²) in [6, 6.07) is 1.99. The first kappa shape index (κ1) is 15.5. The second-order valence-corrected chi connectivity index (χ2v) is 6.65. The Kier molecular flexibility index (Phi) is 4.97. The van der Waals surface area contributed by atoms with Gasteiger partial charge in [-0.05, 0) is 32.6 Å². The summed E-state index contributed by atoms with van der Waals surface area (Å²) in [4.78, 5) is 19.5. The maximum absolute atomic E-state index is 12.3. The van der Waals surface area contributed by atoms with Crippen LogP contribution in [0.2, 0.25) is 0 Å². The fourth-order valence-corrected chi connectivity index (χ4v) is 2.98. The number of rotatable bonds is 3. The fourth-order valence-electron chi connectivity index (χ4n) is 2.19. The summed E-state index contributed by atoms with van der Waals surface area (Å²) in [6.07, 6.45) is 3.48. The van der Waals surface area contributed by atoms with Crippen LogP contribution in [0.1, 0.15) is 30.3 Å². The maximum atomic E-state index is 12.3. The van der Waals surface area contributed by atoms with E-state index in [9.17, 15) is 10.1 Å². The summed E-state index contributed by atoms with van der Waals surface area (Å²) >= 11 is 1.51. The lowest BCUT2D eigenvalue weighted by molar-refractivity contribution is -0.128. The molecule has 0 spiro atoms. The molecule has 1 N–H and O–H groups in total. The van der Waals surface area contributed by atoms with E-state index in [-0.39, 0.29) is 11.5 Å². The highest BCUT2D eigenvalue weighted by atomic mass is 32.1. The molecular formula is C15H20N4OS. The third-order valence-corrected chi connectivity index (χ3v) is 4.79. The molecule has 1 aromatic heterocycles. The van der Waals surface area contributed by atoms with Gasteiger partial charge in [0.15, 0.2) is 5.13 Å². The van der Waals surface area contributed by atoms with Gasteiger partial charge in [-0.15, -0.1) is 11.3 Å². The van der Waals surface area contributed by atoms with E-state index >= 15 is 0 Å². The number of nitrogens with zero attached hydrogens (tertiary/aromatic N) is 3. The second kappa shape index (κ2) is 6.72. The highest BCUT2D eigenvalue weighted by Gasteiger charge is 2.23. The summed E-state index contributed by atoms with van der Waals surface area (Å²) < 4.78 is 0. The second-order valence-electron chi connectivity index (χ2n) is 5.45. The average Bonchev–Trinajstić information content (AvgIpc) is 2.79. The summed E-state index contributed by atoms with van der Waals surface area (Å²) in [5.74, 6) is 0.463. The quantitative estimate of drug-likeness (QED) is 0.688. The van der Waals surface area contributed by atoms with E-state index in [1.807, 2.05) is 19.9 Å². The summed E-state index contributed by atoms with van der Waals surface area (Å²) in [7, 11) is 0. The SMILES string of the molecule is Cc1nc(N/C=C(/C#N)C(=O)N2CCC(C)CC2)sc1C. The minimum absolute atomic E-state index is 0.134. The van der Waals surface area contributed by atoms with Crippen LogP contribution in [0.4, 0.5) is 5.13 Å². The van der Waals surface area contributed by atoms with Crippen LogP contribution < -0.4 is 5.32 Å². The van der Waals surface area contributed by atoms with Gasteiger partial charge >= 0.3 is 0 Å². The monoisotopic (exact) mass is 304 g/mol. The molecule has 21 heavy (non-hydrogen) atoms. The lowest BCUT2D eigenvalue weighted by atomic mass is 9.99. The third-order valence-electron chi connectivity index (χ3n) is 3.79. The molecule has 0 aromatic carbocycles. The van der Waals surface area contributed by atoms with Crippen molar-refractivity contribution < 1.29 is 4.79 Å². The molecule has 5 nitrogen and oxygen atoms in total. The first-order valence-corrected chi connectivity index (χ1v) is 7.93. The Morgan fingerprint density at radius 2 is 2.14 bits per heavy atom. The molecule has 2 rings (SSSR count). The van der Waals surface area contributed by atoms with Gasteiger partial charge in [-0.25, -0.2) is 4.98 Å². The number of amides is 1. The Balaban J connectivity index is 2.03. The van der Waals surface area contributed by atoms with Crippen molar-refractivity contribution in [2.75, 3.05) is 18.4 Å². The van der Waals surface area contributed by atoms with E-state index in [0.29, 0.717) is 11.0 Å². The average molecular weight is 304 g/mol. The zero-order valence-corrected chi connectivity index (χ0v) is 13.5. The lowest BCUT2D eigenvalue weighted by Gasteiger charge is -2.30. The highest BCUT2D eigenvalue weighted by molar-refractivity contribution is 7.15. The van der Waals surface area contributed by atoms with Crippen LogP contribution >= 0.6 is 11.3 Å². The normalized spacial score (nSPS) is 16.7. The molecule has 1 aromatic rings. The van der Waals surface area contributed by atoms with Crippen molar-refractivity contribution in [3.8, 4) is 6.07 Å². The number of hydrogen-bond donors (Lipinski definition) is 1. The number of anilines is 1. The Morgan fingerprint density at radius 3 is 2.67 bits per heavy atom. The molecule has 1 aliphatic rings. The molecular weight excluding hydrogens is 284 g/mol. The van der Waals surface area contributed by atoms with Crippen molar-refractivity contribution >= 4 is 22.4 Å². The van der Waals surface area contributed by atoms with Crippen LogP contribution in [0, 0.1) is 31.1 Å². The molecule has 0 aliphatic carbocycles. The fraction of sp³-hybridized carbons (Fsp3) is 0.533. The number of nitriles is 1. The van der Waals surface area contributed by atoms with Crippen molar-refractivity contribution in [3.05, 3.63) is 22.3 Å². The molecule has 0 unspecified atom stereocenters. The first-order chi connectivity index (χ1) is 10.0. The number of carbonyl (C=O) groups is 1. The van der Waals surface area contributed by atoms with Crippen LogP contribution in [0.5, 0.6) is 0 Å². The van der Waals surface area contributed by atoms with Gasteiger partial charge in [-0.3, -0.25) is 4.79 Å². The molecule has 1 amide bonds. The molecule has 1 saturated heterocycles. The van der Waals surface area contributed by atoms with Gasteiger partial charge in [0, 0.05) is 24.2 Å². The molecule has 2 heterocycles. The minimum atomic E-state index is -0.193. The summed E-state index contributed by atoms with van der Waals surface area (Å²) in [6.45, 7) is 7.58. The zero-order valence-electron chi connectivity index (χ0n) is 12.6. The molecule has 0 bridgehead atoms. The number of hydrogen-bond acceptors (Lipinski definition) is 5. The van der Waals surface area contributed by atoms with E-state index in [4.69, 9.17) is 0 Å². The predicted octanol–water partition coefficient (Wildman–Crippen LogP) is 2.84. The van der Waals surface area contributed by atoms with Gasteiger partial charge in [0.25, 0.3) is 5.91 Å². The van der Waals surface area contributed by atoms with Gasteiger partial charge < -0.3 is 10.2 Å². The molecule has 1 fully saturated rings. The lowest BCUT2D eigenvalue weighted by Crippen LogP contribution is -2.38. The number of thiazole rings is 1. The van der Waals surface area contributed by atoms with Crippen molar-refractivity contribution in [1.29, 1.82) is 5.26 Å². The van der Waals surface area contributed by atoms with Gasteiger partial charge in [0.2, 0.25) is 0 Å². The number of likely N-dealkylation sites (tertiary alicyclic amines) is 1. The number of piperidine rings is 1. The Bertz CT molecular complexity index is 572. The van der Waals surface area contributed by atoms with E-state index in [0.717, 1.165) is 36.5 Å². The standard InChI is InChI=1S/C15H20N4OS/c1-10-4-6-19(7-5-10)14(20)13(8-16)9-17-15-18-11(2)12(3)21-15/h9-10H,4-7H2,1-3H3,(H,17,18)/b13-9-. The number of carbonyl (C=O) groups excluding carboxylic acids is 1. The van der Waals surface area contributed by atoms with E-state index in [1.165, 1.54) is 17.5 Å². The third kappa shape index (κ3) is 3.82. The van der Waals surface area contributed by atoms with Crippen LogP contribution in [0.25, 0.3) is 0 Å². The minimum Gasteiger partial charge on any atom is -0.338 e. The van der Waals surface area contributed by atoms with Crippen LogP contribution in [-0.2, 0) is 4.79 Å². The molecule has 0 atom stereocenters. The highest BCUT2D eigenvalue weighted by Crippen LogP contribution is 2.22. The van der Waals surface area contributed by atoms with Crippen LogP contribution in [0.3, 0.4) is 0 Å². The van der Waals surface area contributed by atoms with Crippen molar-refractivity contribution in [1.82, 2.24) is 9.88 Å². The molecule has 0 radical (unpaired) electrons. The van der Waals surface area contributed by atoms with E-state index in [2.05, 4.69) is 17.2 Å². The van der Waals surface area contributed by atoms with Crippen LogP contribution in [0.15, 0.2) is 11.8 Å². The molecule has 6 heteroatoms. The Labute approximate surface area is 129 Å². The van der Waals surface area contributed by atoms with Gasteiger partial charge in [-0.2, -0.15) is 5.26 Å². The summed E-state index contributed by atoms with van der Waals surface area (Å²) in [5.41, 5.74) is 1.10. The maximum Gasteiger partial charge on any atom is 0.266 e. The largest absolute Gasteiger partial charge is 0.338 e. The number of aryl methyl sites for hydroxylation is 2. The number of nitrogens with one attached hydrogen (secondary N) is 1. The molecule has 112 valence electrons. The zero-order chi connectivity index (χ0) is 15.4. The van der Waals surface area contributed by atoms with Crippen molar-refractivity contribution in [2.24, 2.45) is 5.92 Å². The van der Waals surface area contributed by atoms with E-state index < -0.39 is 0 Å². The van der Waals surface area contributed by atoms with Gasteiger partial charge in [0.1, 0.15) is 11.6 Å². The Hall–Kier alpha value is -1.87. The van der Waals surface area contributed by atoms with E-state index in [1.54, 1.807) is 4.90 Å². The smallest absolute Gasteiger partial charge is 0.266 e. The number of aromatic nitrogens is 1. The summed E-state index contributed by atoms with van der Waals surface area (Å²) in [5, 5.41) is 12.9. The first-order valence-electron chi connectivity index (χ1n) is 7.11. The predicted molar refractivity (Wildman–Crippen MR) is 83.9 cm³/mol. The van der Waals surface area contributed by atoms with Crippen molar-refractivity contribution in [3.63, 3.8) is 0 Å².